The third kappa shape index (κ3) is 1.45. The Morgan fingerprint density at radius 3 is 1.78 bits per heavy atom. The second-order valence-electron chi connectivity index (χ2n) is 1.22. The average molecular weight is 182 g/mol. The summed E-state index contributed by atoms with van der Waals surface area (Å²) in [5.41, 5.74) is 0. The molecule has 1 heterocycles. The largest absolute Gasteiger partial charge is 0.212 e. The molecule has 9 heavy (non-hydrogen) atoms. The molecular weight excluding hydrogens is 182 g/mol. The summed E-state index contributed by atoms with van der Waals surface area (Å²) in [4.78, 5) is 6.90. The van der Waals surface area contributed by atoms with Gasteiger partial charge in [0.25, 0.3) is 0 Å². The zero-order chi connectivity index (χ0) is 6.85. The van der Waals surface area contributed by atoms with Gasteiger partial charge in [0.05, 0.1) is 0 Å². The van der Waals surface area contributed by atoms with Crippen LogP contribution in [0, 0.1) is 6.33 Å². The van der Waals surface area contributed by atoms with Gasteiger partial charge in [0, 0.05) is 0 Å². The van der Waals surface area contributed by atoms with Crippen molar-refractivity contribution in [1.82, 2.24) is 9.97 Å². The van der Waals surface area contributed by atoms with Gasteiger partial charge in [0.1, 0.15) is 5.02 Å². The lowest BCUT2D eigenvalue weighted by Gasteiger charge is -1.91. The maximum absolute atomic E-state index is 5.47. The van der Waals surface area contributed by atoms with Gasteiger partial charge in [-0.25, -0.2) is 9.97 Å². The topological polar surface area (TPSA) is 25.8 Å². The van der Waals surface area contributed by atoms with Crippen LogP contribution in [0.2, 0.25) is 15.3 Å². The molecule has 1 radical (unpaired) electrons. The second kappa shape index (κ2) is 2.69. The Morgan fingerprint density at radius 2 is 1.44 bits per heavy atom. The van der Waals surface area contributed by atoms with Crippen LogP contribution in [0.4, 0.5) is 0 Å². The van der Waals surface area contributed by atoms with Gasteiger partial charge in [-0.3, -0.25) is 0 Å². The van der Waals surface area contributed by atoms with Crippen molar-refractivity contribution in [2.75, 3.05) is 0 Å². The smallest absolute Gasteiger partial charge is 0.200 e. The van der Waals surface area contributed by atoms with Gasteiger partial charge in [-0.05, 0) is 0 Å². The number of rotatable bonds is 0. The Balaban J connectivity index is 3.25. The van der Waals surface area contributed by atoms with E-state index in [9.17, 15) is 0 Å². The molecule has 0 aliphatic carbocycles. The Hall–Kier alpha value is -0.0500. The number of hydrogen-bond donors (Lipinski definition) is 0. The van der Waals surface area contributed by atoms with Crippen LogP contribution in [0.5, 0.6) is 0 Å². The summed E-state index contributed by atoms with van der Waals surface area (Å²) in [5, 5.41) is 0.408. The van der Waals surface area contributed by atoms with E-state index in [-0.39, 0.29) is 15.3 Å². The van der Waals surface area contributed by atoms with E-state index >= 15 is 0 Å². The summed E-state index contributed by atoms with van der Waals surface area (Å²) in [6, 6.07) is 0. The molecular formula is C4Cl3N2. The number of hydrogen-bond acceptors (Lipinski definition) is 2. The van der Waals surface area contributed by atoms with Crippen LogP contribution in [0.15, 0.2) is 0 Å². The molecule has 0 N–H and O–H groups in total. The first-order valence-electron chi connectivity index (χ1n) is 1.96. The maximum atomic E-state index is 5.47. The van der Waals surface area contributed by atoms with E-state index in [0.717, 1.165) is 0 Å². The minimum atomic E-state index is 0.122. The molecule has 0 spiro atoms. The fourth-order valence-corrected chi connectivity index (χ4v) is 0.684. The number of halogens is 3. The molecule has 0 fully saturated rings. The first-order valence-corrected chi connectivity index (χ1v) is 3.10. The summed E-state index contributed by atoms with van der Waals surface area (Å²) in [6.07, 6.45) is 2.22. The van der Waals surface area contributed by atoms with Gasteiger partial charge in [-0.1, -0.05) is 34.8 Å². The van der Waals surface area contributed by atoms with Crippen molar-refractivity contribution >= 4 is 34.8 Å². The molecule has 0 atom stereocenters. The maximum Gasteiger partial charge on any atom is 0.200 e. The van der Waals surface area contributed by atoms with Crippen LogP contribution in [0.25, 0.3) is 0 Å². The molecule has 0 bridgehead atoms. The predicted octanol–water partition coefficient (Wildman–Crippen LogP) is 2.24. The van der Waals surface area contributed by atoms with E-state index in [1.165, 1.54) is 0 Å². The molecule has 0 amide bonds. The van der Waals surface area contributed by atoms with Crippen molar-refractivity contribution in [3.63, 3.8) is 0 Å². The first-order chi connectivity index (χ1) is 4.22. The van der Waals surface area contributed by atoms with Gasteiger partial charge >= 0.3 is 0 Å². The van der Waals surface area contributed by atoms with E-state index in [1.807, 2.05) is 0 Å². The molecule has 0 aliphatic heterocycles. The van der Waals surface area contributed by atoms with Gasteiger partial charge in [0.2, 0.25) is 6.33 Å². The SMILES string of the molecule is Clc1n[c]nc(Cl)c1Cl. The number of aromatic nitrogens is 2. The summed E-state index contributed by atoms with van der Waals surface area (Å²) >= 11 is 16.3. The zero-order valence-corrected chi connectivity index (χ0v) is 6.30. The van der Waals surface area contributed by atoms with Crippen molar-refractivity contribution < 1.29 is 0 Å². The highest BCUT2D eigenvalue weighted by molar-refractivity contribution is 6.46. The van der Waals surface area contributed by atoms with Crippen molar-refractivity contribution in [3.05, 3.63) is 21.7 Å². The van der Waals surface area contributed by atoms with Gasteiger partial charge in [-0.2, -0.15) is 0 Å². The Bertz CT molecular complexity index is 205. The minimum Gasteiger partial charge on any atom is -0.212 e. The van der Waals surface area contributed by atoms with Crippen LogP contribution in [0.3, 0.4) is 0 Å². The second-order valence-corrected chi connectivity index (χ2v) is 2.31. The monoisotopic (exact) mass is 181 g/mol. The average Bonchev–Trinajstić information content (AvgIpc) is 1.83. The fraction of sp³-hybridized carbons (Fsp3) is 0. The molecule has 0 saturated heterocycles. The predicted molar refractivity (Wildman–Crippen MR) is 35.9 cm³/mol. The van der Waals surface area contributed by atoms with Crippen LogP contribution >= 0.6 is 34.8 Å². The quantitative estimate of drug-likeness (QED) is 0.575. The molecule has 0 saturated carbocycles. The summed E-state index contributed by atoms with van der Waals surface area (Å²) in [6.45, 7) is 0. The Kier molecular flexibility index (Phi) is 2.11. The standard InChI is InChI=1S/C4Cl3N2/c5-2-3(6)8-1-9-4(2)7. The Labute approximate surface area is 66.8 Å². The molecule has 0 aliphatic rings. The third-order valence-electron chi connectivity index (χ3n) is 0.659. The van der Waals surface area contributed by atoms with E-state index in [2.05, 4.69) is 16.3 Å². The highest BCUT2D eigenvalue weighted by atomic mass is 35.5. The highest BCUT2D eigenvalue weighted by Gasteiger charge is 2.02. The van der Waals surface area contributed by atoms with Gasteiger partial charge in [0.15, 0.2) is 10.3 Å². The number of nitrogens with zero attached hydrogens (tertiary/aromatic N) is 2. The van der Waals surface area contributed by atoms with Crippen molar-refractivity contribution in [2.24, 2.45) is 0 Å². The first kappa shape index (κ1) is 7.06. The van der Waals surface area contributed by atoms with Gasteiger partial charge in [-0.15, -0.1) is 0 Å². The minimum absolute atomic E-state index is 0.122. The third-order valence-corrected chi connectivity index (χ3v) is 1.76. The van der Waals surface area contributed by atoms with E-state index in [0.29, 0.717) is 0 Å². The lowest BCUT2D eigenvalue weighted by Crippen LogP contribution is -1.81. The van der Waals surface area contributed by atoms with E-state index in [4.69, 9.17) is 34.8 Å². The lowest BCUT2D eigenvalue weighted by atomic mass is 10.7. The van der Waals surface area contributed by atoms with Crippen LogP contribution in [-0.4, -0.2) is 9.97 Å². The zero-order valence-electron chi connectivity index (χ0n) is 4.03. The van der Waals surface area contributed by atoms with Crippen LogP contribution in [0.1, 0.15) is 0 Å². The molecule has 1 rings (SSSR count). The highest BCUT2D eigenvalue weighted by Crippen LogP contribution is 2.24. The molecule has 1 aromatic rings. The van der Waals surface area contributed by atoms with Crippen LogP contribution in [-0.2, 0) is 0 Å². The van der Waals surface area contributed by atoms with Crippen LogP contribution < -0.4 is 0 Å². The summed E-state index contributed by atoms with van der Waals surface area (Å²) in [7, 11) is 0. The van der Waals surface area contributed by atoms with Crippen molar-refractivity contribution in [2.45, 2.75) is 0 Å². The van der Waals surface area contributed by atoms with E-state index in [1.54, 1.807) is 0 Å². The van der Waals surface area contributed by atoms with E-state index < -0.39 is 0 Å². The molecule has 5 heteroatoms. The summed E-state index contributed by atoms with van der Waals surface area (Å²) < 4.78 is 0. The van der Waals surface area contributed by atoms with Gasteiger partial charge < -0.3 is 0 Å². The summed E-state index contributed by atoms with van der Waals surface area (Å²) in [5.74, 6) is 0. The fourth-order valence-electron chi connectivity index (χ4n) is 0.296. The normalized spacial score (nSPS) is 9.67. The molecule has 47 valence electrons. The molecule has 0 aromatic carbocycles. The lowest BCUT2D eigenvalue weighted by molar-refractivity contribution is 1.15. The molecule has 2 nitrogen and oxygen atoms in total. The molecule has 0 unspecified atom stereocenters. The molecule has 1 aromatic heterocycles. The van der Waals surface area contributed by atoms with Crippen molar-refractivity contribution in [1.29, 1.82) is 0 Å². The Morgan fingerprint density at radius 1 is 1.00 bits per heavy atom. The van der Waals surface area contributed by atoms with Crippen molar-refractivity contribution in [3.8, 4) is 0 Å².